The van der Waals surface area contributed by atoms with Crippen LogP contribution in [-0.2, 0) is 16.0 Å². The molecule has 3 atom stereocenters. The van der Waals surface area contributed by atoms with Gasteiger partial charge in [0.2, 0.25) is 5.91 Å². The molecule has 1 rings (SSSR count). The lowest BCUT2D eigenvalue weighted by molar-refractivity contribution is -0.129. The quantitative estimate of drug-likeness (QED) is 0.572. The van der Waals surface area contributed by atoms with Crippen LogP contribution in [0.3, 0.4) is 0 Å². The Morgan fingerprint density at radius 2 is 1.85 bits per heavy atom. The van der Waals surface area contributed by atoms with E-state index < -0.39 is 24.1 Å². The predicted octanol–water partition coefficient (Wildman–Crippen LogP) is -0.283. The van der Waals surface area contributed by atoms with E-state index >= 15 is 0 Å². The third-order valence-electron chi connectivity index (χ3n) is 2.95. The smallest absolute Gasteiger partial charge is 0.237 e. The maximum Gasteiger partial charge on any atom is 0.237 e. The largest absolute Gasteiger partial charge is 0.508 e. The lowest BCUT2D eigenvalue weighted by atomic mass is 10.0. The van der Waals surface area contributed by atoms with E-state index in [1.807, 2.05) is 0 Å². The Labute approximate surface area is 117 Å². The molecule has 1 aromatic rings. The molecule has 0 aromatic heterocycles. The number of carbonyl (C=O) groups is 2. The summed E-state index contributed by atoms with van der Waals surface area (Å²) in [7, 11) is 0. The second-order valence-corrected chi connectivity index (χ2v) is 4.81. The Balaban J connectivity index is 2.62. The fourth-order valence-corrected chi connectivity index (χ4v) is 1.80. The highest BCUT2D eigenvalue weighted by molar-refractivity contribution is 5.90. The van der Waals surface area contributed by atoms with Gasteiger partial charge in [0.05, 0.1) is 12.1 Å². The number of amides is 1. The van der Waals surface area contributed by atoms with E-state index in [9.17, 15) is 14.7 Å². The van der Waals surface area contributed by atoms with Gasteiger partial charge in [-0.3, -0.25) is 9.59 Å². The summed E-state index contributed by atoms with van der Waals surface area (Å²) in [6.07, 6.45) is -0.700. The zero-order valence-electron chi connectivity index (χ0n) is 11.5. The molecule has 0 fully saturated rings. The minimum absolute atomic E-state index is 0.137. The summed E-state index contributed by atoms with van der Waals surface area (Å²) in [6.45, 7) is 2.72. The van der Waals surface area contributed by atoms with E-state index in [1.165, 1.54) is 26.0 Å². The van der Waals surface area contributed by atoms with Gasteiger partial charge < -0.3 is 21.3 Å². The van der Waals surface area contributed by atoms with Crippen LogP contribution in [0.4, 0.5) is 0 Å². The van der Waals surface area contributed by atoms with Gasteiger partial charge in [-0.2, -0.15) is 0 Å². The maximum absolute atomic E-state index is 11.9. The van der Waals surface area contributed by atoms with E-state index in [0.29, 0.717) is 0 Å². The molecule has 0 bridgehead atoms. The Kier molecular flexibility index (Phi) is 5.66. The number of phenols is 1. The molecule has 110 valence electrons. The van der Waals surface area contributed by atoms with Crippen molar-refractivity contribution in [3.63, 3.8) is 0 Å². The van der Waals surface area contributed by atoms with Crippen LogP contribution in [0.15, 0.2) is 24.3 Å². The summed E-state index contributed by atoms with van der Waals surface area (Å²) >= 11 is 0. The van der Waals surface area contributed by atoms with Crippen LogP contribution in [0.1, 0.15) is 19.4 Å². The lowest BCUT2D eigenvalue weighted by Gasteiger charge is -2.21. The number of benzene rings is 1. The minimum Gasteiger partial charge on any atom is -0.508 e. The molecular weight excluding hydrogens is 260 g/mol. The Bertz CT molecular complexity index is 471. The first kappa shape index (κ1) is 16.1. The topological polar surface area (TPSA) is 113 Å². The Morgan fingerprint density at radius 3 is 2.30 bits per heavy atom. The van der Waals surface area contributed by atoms with Crippen molar-refractivity contribution in [2.24, 2.45) is 5.73 Å². The van der Waals surface area contributed by atoms with E-state index in [0.717, 1.165) is 5.56 Å². The van der Waals surface area contributed by atoms with Gasteiger partial charge in [-0.1, -0.05) is 12.1 Å². The summed E-state index contributed by atoms with van der Waals surface area (Å²) in [5.41, 5.74) is 6.56. The van der Waals surface area contributed by atoms with Crippen LogP contribution in [0.5, 0.6) is 5.75 Å². The van der Waals surface area contributed by atoms with Gasteiger partial charge in [0.1, 0.15) is 11.8 Å². The first-order valence-corrected chi connectivity index (χ1v) is 6.33. The van der Waals surface area contributed by atoms with Gasteiger partial charge in [-0.15, -0.1) is 0 Å². The molecule has 1 aromatic carbocycles. The van der Waals surface area contributed by atoms with Crippen molar-refractivity contribution in [2.75, 3.05) is 0 Å². The van der Waals surface area contributed by atoms with Crippen molar-refractivity contribution in [3.05, 3.63) is 29.8 Å². The molecule has 0 spiro atoms. The number of nitrogens with one attached hydrogen (secondary N) is 1. The number of hydrogen-bond acceptors (Lipinski definition) is 5. The van der Waals surface area contributed by atoms with Gasteiger partial charge >= 0.3 is 0 Å². The summed E-state index contributed by atoms with van der Waals surface area (Å²) in [5.74, 6) is -0.693. The molecule has 6 heteroatoms. The lowest BCUT2D eigenvalue weighted by Crippen LogP contribution is -2.52. The van der Waals surface area contributed by atoms with Crippen molar-refractivity contribution < 1.29 is 19.8 Å². The van der Waals surface area contributed by atoms with Gasteiger partial charge in [0, 0.05) is 0 Å². The van der Waals surface area contributed by atoms with E-state index in [4.69, 9.17) is 10.8 Å². The molecular formula is C14H20N2O4. The minimum atomic E-state index is -0.975. The van der Waals surface area contributed by atoms with Crippen LogP contribution in [0.2, 0.25) is 0 Å². The van der Waals surface area contributed by atoms with Crippen LogP contribution < -0.4 is 11.1 Å². The third-order valence-corrected chi connectivity index (χ3v) is 2.95. The molecule has 3 unspecified atom stereocenters. The molecule has 0 aliphatic rings. The van der Waals surface area contributed by atoms with Gasteiger partial charge in [-0.05, 0) is 38.0 Å². The first-order chi connectivity index (χ1) is 9.31. The highest BCUT2D eigenvalue weighted by Crippen LogP contribution is 2.11. The molecule has 6 nitrogen and oxygen atoms in total. The molecule has 0 heterocycles. The predicted molar refractivity (Wildman–Crippen MR) is 74.1 cm³/mol. The summed E-state index contributed by atoms with van der Waals surface area (Å²) < 4.78 is 0. The van der Waals surface area contributed by atoms with Crippen molar-refractivity contribution >= 4 is 11.7 Å². The van der Waals surface area contributed by atoms with Crippen LogP contribution in [0, 0.1) is 0 Å². The van der Waals surface area contributed by atoms with Crippen molar-refractivity contribution in [1.82, 2.24) is 5.32 Å². The monoisotopic (exact) mass is 280 g/mol. The number of carbonyl (C=O) groups excluding carboxylic acids is 2. The number of ketones is 1. The Hall–Kier alpha value is -1.92. The molecule has 0 aliphatic carbocycles. The molecule has 0 saturated carbocycles. The zero-order valence-corrected chi connectivity index (χ0v) is 11.5. The standard InChI is InChI=1S/C14H20N2O4/c1-8(17)13(9(2)18)16-14(20)12(15)7-10-3-5-11(19)6-4-10/h3-6,8,12-13,17,19H,7,15H2,1-2H3,(H,16,20). The number of phenolic OH excluding ortho intramolecular Hbond substituents is 1. The number of hydrogen-bond donors (Lipinski definition) is 4. The average Bonchev–Trinajstić information content (AvgIpc) is 2.37. The number of nitrogens with two attached hydrogens (primary N) is 1. The highest BCUT2D eigenvalue weighted by atomic mass is 16.3. The van der Waals surface area contributed by atoms with Gasteiger partial charge in [-0.25, -0.2) is 0 Å². The zero-order chi connectivity index (χ0) is 15.3. The normalized spacial score (nSPS) is 15.2. The van der Waals surface area contributed by atoms with E-state index in [1.54, 1.807) is 12.1 Å². The van der Waals surface area contributed by atoms with Crippen molar-refractivity contribution in [2.45, 2.75) is 38.5 Å². The number of aliphatic hydroxyl groups is 1. The SMILES string of the molecule is CC(=O)C(NC(=O)C(N)Cc1ccc(O)cc1)C(C)O. The van der Waals surface area contributed by atoms with Crippen LogP contribution in [0.25, 0.3) is 0 Å². The summed E-state index contributed by atoms with van der Waals surface area (Å²) in [4.78, 5) is 23.2. The van der Waals surface area contributed by atoms with Crippen LogP contribution >= 0.6 is 0 Å². The van der Waals surface area contributed by atoms with E-state index in [-0.39, 0.29) is 18.0 Å². The van der Waals surface area contributed by atoms with Crippen LogP contribution in [-0.4, -0.2) is 40.1 Å². The Morgan fingerprint density at radius 1 is 1.30 bits per heavy atom. The fourth-order valence-electron chi connectivity index (χ4n) is 1.80. The van der Waals surface area contributed by atoms with Gasteiger partial charge in [0.15, 0.2) is 5.78 Å². The second kappa shape index (κ2) is 7.02. The average molecular weight is 280 g/mol. The number of aromatic hydroxyl groups is 1. The highest BCUT2D eigenvalue weighted by Gasteiger charge is 2.24. The van der Waals surface area contributed by atoms with E-state index in [2.05, 4.69) is 5.32 Å². The van der Waals surface area contributed by atoms with Crippen molar-refractivity contribution in [3.8, 4) is 5.75 Å². The molecule has 0 saturated heterocycles. The van der Waals surface area contributed by atoms with Crippen molar-refractivity contribution in [1.29, 1.82) is 0 Å². The molecule has 0 aliphatic heterocycles. The summed E-state index contributed by atoms with van der Waals surface area (Å²) in [6, 6.07) is 4.56. The molecule has 20 heavy (non-hydrogen) atoms. The number of aliphatic hydroxyl groups excluding tert-OH is 1. The molecule has 5 N–H and O–H groups in total. The number of Topliss-reactive ketones (excluding diaryl/α,β-unsaturated/α-hetero) is 1. The molecule has 0 radical (unpaired) electrons. The fraction of sp³-hybridized carbons (Fsp3) is 0.429. The second-order valence-electron chi connectivity index (χ2n) is 4.81. The number of rotatable bonds is 6. The maximum atomic E-state index is 11.9. The molecule has 1 amide bonds. The van der Waals surface area contributed by atoms with Gasteiger partial charge in [0.25, 0.3) is 0 Å². The first-order valence-electron chi connectivity index (χ1n) is 6.33. The summed E-state index contributed by atoms with van der Waals surface area (Å²) in [5, 5.41) is 21.0. The third kappa shape index (κ3) is 4.64.